The lowest BCUT2D eigenvalue weighted by Crippen LogP contribution is -2.15. The number of para-hydroxylation sites is 1. The Morgan fingerprint density at radius 1 is 1.20 bits per heavy atom. The van der Waals surface area contributed by atoms with Crippen LogP contribution in [0, 0.1) is 25.2 Å². The van der Waals surface area contributed by atoms with Crippen LogP contribution >= 0.6 is 11.8 Å². The Morgan fingerprint density at radius 2 is 2.00 bits per heavy atom. The molecule has 4 aromatic rings. The molecule has 0 N–H and O–H groups in total. The second-order valence-electron chi connectivity index (χ2n) is 6.28. The first kappa shape index (κ1) is 19.4. The molecule has 0 saturated carbocycles. The molecule has 9 nitrogen and oxygen atoms in total. The van der Waals surface area contributed by atoms with Gasteiger partial charge in [-0.2, -0.15) is 15.0 Å². The SMILES string of the molecule is Cc1cc(C)n(C(=O)/C(C#N)=C/c2ccc(Sc3nnnn3-c3ccccc3)o2)n1. The van der Waals surface area contributed by atoms with Crippen molar-refractivity contribution >= 4 is 23.7 Å². The minimum Gasteiger partial charge on any atom is -0.450 e. The van der Waals surface area contributed by atoms with Crippen molar-refractivity contribution in [1.29, 1.82) is 5.26 Å². The molecule has 0 spiro atoms. The van der Waals surface area contributed by atoms with Crippen LogP contribution in [-0.4, -0.2) is 35.9 Å². The number of nitriles is 1. The lowest BCUT2D eigenvalue weighted by molar-refractivity contribution is 0.0943. The van der Waals surface area contributed by atoms with E-state index < -0.39 is 5.91 Å². The molecule has 1 aromatic carbocycles. The van der Waals surface area contributed by atoms with Gasteiger partial charge in [0.2, 0.25) is 5.16 Å². The number of aryl methyl sites for hydroxylation is 2. The highest BCUT2D eigenvalue weighted by molar-refractivity contribution is 7.99. The monoisotopic (exact) mass is 417 g/mol. The predicted molar refractivity (Wildman–Crippen MR) is 108 cm³/mol. The number of hydrogen-bond donors (Lipinski definition) is 0. The molecule has 3 heterocycles. The number of furan rings is 1. The number of allylic oxidation sites excluding steroid dienone is 1. The van der Waals surface area contributed by atoms with E-state index in [4.69, 9.17) is 4.42 Å². The average Bonchev–Trinajstić information content (AvgIpc) is 3.47. The highest BCUT2D eigenvalue weighted by Gasteiger charge is 2.17. The zero-order chi connectivity index (χ0) is 21.1. The van der Waals surface area contributed by atoms with E-state index in [-0.39, 0.29) is 5.57 Å². The quantitative estimate of drug-likeness (QED) is 0.358. The van der Waals surface area contributed by atoms with Crippen molar-refractivity contribution in [3.8, 4) is 11.8 Å². The molecule has 0 atom stereocenters. The van der Waals surface area contributed by atoms with Gasteiger partial charge in [-0.05, 0) is 66.4 Å². The predicted octanol–water partition coefficient (Wildman–Crippen LogP) is 3.47. The van der Waals surface area contributed by atoms with Crippen LogP contribution < -0.4 is 0 Å². The Hall–Kier alpha value is -3.97. The lowest BCUT2D eigenvalue weighted by Gasteiger charge is -2.02. The Kier molecular flexibility index (Phi) is 5.28. The summed E-state index contributed by atoms with van der Waals surface area (Å²) in [6.45, 7) is 3.54. The average molecular weight is 417 g/mol. The summed E-state index contributed by atoms with van der Waals surface area (Å²) in [5, 5.41) is 26.4. The Labute approximate surface area is 175 Å². The second-order valence-corrected chi connectivity index (χ2v) is 7.25. The zero-order valence-electron chi connectivity index (χ0n) is 16.1. The maximum Gasteiger partial charge on any atom is 0.289 e. The summed E-state index contributed by atoms with van der Waals surface area (Å²) >= 11 is 1.23. The fourth-order valence-electron chi connectivity index (χ4n) is 2.76. The van der Waals surface area contributed by atoms with Crippen LogP contribution in [-0.2, 0) is 0 Å². The van der Waals surface area contributed by atoms with Gasteiger partial charge in [-0.1, -0.05) is 18.2 Å². The van der Waals surface area contributed by atoms with Gasteiger partial charge in [0.1, 0.15) is 17.4 Å². The minimum absolute atomic E-state index is 0.0822. The van der Waals surface area contributed by atoms with E-state index in [1.807, 2.05) is 36.4 Å². The van der Waals surface area contributed by atoms with Crippen molar-refractivity contribution in [2.24, 2.45) is 0 Å². The van der Waals surface area contributed by atoms with Crippen LogP contribution in [0.15, 0.2) is 68.8 Å². The van der Waals surface area contributed by atoms with Gasteiger partial charge in [0.05, 0.1) is 11.4 Å². The summed E-state index contributed by atoms with van der Waals surface area (Å²) < 4.78 is 8.54. The summed E-state index contributed by atoms with van der Waals surface area (Å²) in [5.41, 5.74) is 2.09. The molecule has 0 aliphatic rings. The van der Waals surface area contributed by atoms with Crippen molar-refractivity contribution in [1.82, 2.24) is 30.0 Å². The molecule has 0 aliphatic carbocycles. The molecule has 0 fully saturated rings. The van der Waals surface area contributed by atoms with E-state index >= 15 is 0 Å². The largest absolute Gasteiger partial charge is 0.450 e. The molecule has 30 heavy (non-hydrogen) atoms. The number of benzene rings is 1. The van der Waals surface area contributed by atoms with Crippen LogP contribution in [0.5, 0.6) is 0 Å². The molecule has 0 bridgehead atoms. The first-order valence-corrected chi connectivity index (χ1v) is 9.68. The zero-order valence-corrected chi connectivity index (χ0v) is 16.9. The highest BCUT2D eigenvalue weighted by atomic mass is 32.2. The fourth-order valence-corrected chi connectivity index (χ4v) is 3.52. The van der Waals surface area contributed by atoms with Gasteiger partial charge < -0.3 is 4.42 Å². The van der Waals surface area contributed by atoms with Crippen molar-refractivity contribution in [2.75, 3.05) is 0 Å². The molecule has 148 valence electrons. The van der Waals surface area contributed by atoms with Gasteiger partial charge in [0.25, 0.3) is 5.91 Å². The third kappa shape index (κ3) is 3.92. The van der Waals surface area contributed by atoms with Crippen LogP contribution in [0.3, 0.4) is 0 Å². The summed E-state index contributed by atoms with van der Waals surface area (Å²) in [6, 6.07) is 16.6. The van der Waals surface area contributed by atoms with Gasteiger partial charge in [-0.3, -0.25) is 4.79 Å². The molecule has 4 rings (SSSR count). The van der Waals surface area contributed by atoms with Crippen molar-refractivity contribution in [3.05, 3.63) is 71.3 Å². The van der Waals surface area contributed by atoms with Gasteiger partial charge in [0, 0.05) is 11.8 Å². The summed E-state index contributed by atoms with van der Waals surface area (Å²) in [5.74, 6) is -0.149. The summed E-state index contributed by atoms with van der Waals surface area (Å²) in [6.07, 6.45) is 1.39. The fraction of sp³-hybridized carbons (Fsp3) is 0.100. The summed E-state index contributed by atoms with van der Waals surface area (Å²) in [4.78, 5) is 12.6. The van der Waals surface area contributed by atoms with Crippen LogP contribution in [0.2, 0.25) is 0 Å². The number of aromatic nitrogens is 6. The molecule has 0 radical (unpaired) electrons. The molecule has 0 amide bonds. The lowest BCUT2D eigenvalue weighted by atomic mass is 10.2. The number of hydrogen-bond acceptors (Lipinski definition) is 8. The van der Waals surface area contributed by atoms with E-state index in [9.17, 15) is 10.1 Å². The molecule has 0 saturated heterocycles. The van der Waals surface area contributed by atoms with Gasteiger partial charge in [0.15, 0.2) is 5.09 Å². The number of tetrazole rings is 1. The number of rotatable bonds is 5. The van der Waals surface area contributed by atoms with Crippen molar-refractivity contribution in [2.45, 2.75) is 24.1 Å². The van der Waals surface area contributed by atoms with Gasteiger partial charge in [-0.15, -0.1) is 5.10 Å². The molecular weight excluding hydrogens is 402 g/mol. The first-order valence-electron chi connectivity index (χ1n) is 8.86. The Morgan fingerprint density at radius 3 is 2.70 bits per heavy atom. The molecule has 3 aromatic heterocycles. The minimum atomic E-state index is -0.512. The number of nitrogens with zero attached hydrogens (tertiary/aromatic N) is 7. The smallest absolute Gasteiger partial charge is 0.289 e. The number of carbonyl (C=O) groups is 1. The van der Waals surface area contributed by atoms with Crippen LogP contribution in [0.1, 0.15) is 21.9 Å². The van der Waals surface area contributed by atoms with E-state index in [0.717, 1.165) is 5.69 Å². The maximum atomic E-state index is 12.6. The molecule has 10 heteroatoms. The van der Waals surface area contributed by atoms with E-state index in [2.05, 4.69) is 20.6 Å². The van der Waals surface area contributed by atoms with E-state index in [1.54, 1.807) is 36.7 Å². The second kappa shape index (κ2) is 8.18. The normalized spacial score (nSPS) is 11.4. The Balaban J connectivity index is 1.56. The van der Waals surface area contributed by atoms with Crippen molar-refractivity contribution < 1.29 is 9.21 Å². The third-order valence-corrected chi connectivity index (χ3v) is 4.93. The highest BCUT2D eigenvalue weighted by Crippen LogP contribution is 2.29. The topological polar surface area (TPSA) is 115 Å². The first-order chi connectivity index (χ1) is 14.5. The van der Waals surface area contributed by atoms with Crippen LogP contribution in [0.4, 0.5) is 0 Å². The molecule has 0 unspecified atom stereocenters. The third-order valence-electron chi connectivity index (χ3n) is 4.08. The van der Waals surface area contributed by atoms with E-state index in [0.29, 0.717) is 27.4 Å². The van der Waals surface area contributed by atoms with Crippen LogP contribution in [0.25, 0.3) is 11.8 Å². The number of carbonyl (C=O) groups excluding carboxylic acids is 1. The molecule has 0 aliphatic heterocycles. The maximum absolute atomic E-state index is 12.6. The van der Waals surface area contributed by atoms with Gasteiger partial charge in [-0.25, -0.2) is 4.68 Å². The standard InChI is InChI=1S/C20H15N7O2S/c1-13-10-14(2)26(23-13)19(28)15(12-21)11-17-8-9-18(29-17)30-20-22-24-25-27(20)16-6-4-3-5-7-16/h3-11H,1-2H3/b15-11+. The summed E-state index contributed by atoms with van der Waals surface area (Å²) in [7, 11) is 0. The van der Waals surface area contributed by atoms with E-state index in [1.165, 1.54) is 22.5 Å². The molecular formula is C20H15N7O2S. The van der Waals surface area contributed by atoms with Gasteiger partial charge >= 0.3 is 0 Å². The Bertz CT molecular complexity index is 1280. The van der Waals surface area contributed by atoms with Crippen molar-refractivity contribution in [3.63, 3.8) is 0 Å².